The molecule has 0 radical (unpaired) electrons. The minimum atomic E-state index is 0.411. The zero-order chi connectivity index (χ0) is 13.5. The molecular weight excluding hydrogens is 324 g/mol. The quantitative estimate of drug-likeness (QED) is 0.625. The predicted octanol–water partition coefficient (Wildman–Crippen LogP) is 2.66. The minimum Gasteiger partial charge on any atom is -0.379 e. The fraction of sp³-hybridized carbons (Fsp3) is 0.545. The molecule has 1 saturated heterocycles. The molecule has 0 amide bonds. The van der Waals surface area contributed by atoms with Crippen molar-refractivity contribution < 1.29 is 9.47 Å². The Morgan fingerprint density at radius 1 is 0.556 bits per heavy atom. The van der Waals surface area contributed by atoms with Gasteiger partial charge in [-0.05, 0) is 0 Å². The smallest absolute Gasteiger partial charge is 0.0760 e. The second-order valence-electron chi connectivity index (χ2n) is 3.56. The van der Waals surface area contributed by atoms with Gasteiger partial charge in [0.05, 0.1) is 41.0 Å². The highest BCUT2D eigenvalue weighted by Gasteiger charge is 2.18. The summed E-state index contributed by atoms with van der Waals surface area (Å²) in [5, 5.41) is 0. The molecule has 7 heteroatoms. The van der Waals surface area contributed by atoms with Gasteiger partial charge in [-0.1, -0.05) is 61.1 Å². The van der Waals surface area contributed by atoms with Gasteiger partial charge < -0.3 is 9.47 Å². The lowest BCUT2D eigenvalue weighted by atomic mass is 10.1. The largest absolute Gasteiger partial charge is 0.379 e. The van der Waals surface area contributed by atoms with E-state index in [-0.39, 0.29) is 0 Å². The highest BCUT2D eigenvalue weighted by Crippen LogP contribution is 2.04. The van der Waals surface area contributed by atoms with E-state index in [1.165, 1.54) is 0 Å². The van der Waals surface area contributed by atoms with Crippen LogP contribution in [-0.4, -0.2) is 50.8 Å². The molecule has 0 aliphatic carbocycles. The van der Waals surface area contributed by atoms with E-state index in [2.05, 4.69) is 0 Å². The van der Waals surface area contributed by atoms with Gasteiger partial charge in [0.25, 0.3) is 0 Å². The van der Waals surface area contributed by atoms with E-state index in [0.717, 1.165) is 0 Å². The molecule has 0 aromatic carbocycles. The van der Waals surface area contributed by atoms with Gasteiger partial charge in [0, 0.05) is 22.6 Å². The lowest BCUT2D eigenvalue weighted by molar-refractivity contribution is 0.0536. The second kappa shape index (κ2) is 8.52. The van der Waals surface area contributed by atoms with E-state index in [1.807, 2.05) is 0 Å². The molecule has 1 fully saturated rings. The number of hydrogen-bond acceptors (Lipinski definition) is 7. The average Bonchev–Trinajstić information content (AvgIpc) is 2.38. The van der Waals surface area contributed by atoms with E-state index in [4.69, 9.17) is 70.6 Å². The summed E-state index contributed by atoms with van der Waals surface area (Å²) in [7, 11) is 0. The van der Waals surface area contributed by atoms with Crippen molar-refractivity contribution in [1.29, 1.82) is 0 Å². The molecule has 1 aliphatic rings. The molecule has 0 spiro atoms. The Bertz CT molecular complexity index is 366. The van der Waals surface area contributed by atoms with Gasteiger partial charge in [0.2, 0.25) is 0 Å². The summed E-state index contributed by atoms with van der Waals surface area (Å²) in [4.78, 5) is 2.54. The van der Waals surface area contributed by atoms with Gasteiger partial charge in [-0.2, -0.15) is 0 Å². The molecule has 0 saturated carbocycles. The van der Waals surface area contributed by atoms with Crippen molar-refractivity contribution in [3.05, 3.63) is 0 Å². The molecule has 1 aliphatic heterocycles. The van der Waals surface area contributed by atoms with Crippen molar-refractivity contribution in [2.45, 2.75) is 12.8 Å². The zero-order valence-corrected chi connectivity index (χ0v) is 13.7. The van der Waals surface area contributed by atoms with Crippen molar-refractivity contribution in [2.75, 3.05) is 26.4 Å². The normalized spacial score (nSPS) is 21.2. The van der Waals surface area contributed by atoms with Crippen LogP contribution in [0.15, 0.2) is 0 Å². The van der Waals surface area contributed by atoms with E-state index < -0.39 is 0 Å². The Labute approximate surface area is 133 Å². The van der Waals surface area contributed by atoms with Crippen LogP contribution in [0.25, 0.3) is 0 Å². The SMILES string of the molecule is S=C1CCOCCOCCC(=S)C(=S)C(=S)C1=S. The monoisotopic (exact) mass is 336 g/mol. The number of rotatable bonds is 0. The highest BCUT2D eigenvalue weighted by molar-refractivity contribution is 8.01. The summed E-state index contributed by atoms with van der Waals surface area (Å²) in [6.45, 7) is 2.11. The fourth-order valence-corrected chi connectivity index (χ4v) is 2.45. The van der Waals surface area contributed by atoms with E-state index in [0.29, 0.717) is 63.6 Å². The number of hydrogen-bond donors (Lipinski definition) is 0. The van der Waals surface area contributed by atoms with E-state index in [1.54, 1.807) is 0 Å². The van der Waals surface area contributed by atoms with Crippen LogP contribution in [0.5, 0.6) is 0 Å². The Hall–Kier alpha value is 0.370. The molecule has 1 heterocycles. The summed E-state index contributed by atoms with van der Waals surface area (Å²) in [6, 6.07) is 0. The third-order valence-corrected chi connectivity index (χ3v) is 4.88. The summed E-state index contributed by atoms with van der Waals surface area (Å²) in [6.07, 6.45) is 1.15. The van der Waals surface area contributed by atoms with E-state index in [9.17, 15) is 0 Å². The van der Waals surface area contributed by atoms with Crippen LogP contribution in [-0.2, 0) is 9.47 Å². The highest BCUT2D eigenvalue weighted by atomic mass is 32.1. The van der Waals surface area contributed by atoms with Crippen LogP contribution in [0.1, 0.15) is 12.8 Å². The molecular formula is C11H12O2S5. The first-order chi connectivity index (χ1) is 8.54. The van der Waals surface area contributed by atoms with Crippen LogP contribution < -0.4 is 0 Å². The third-order valence-electron chi connectivity index (χ3n) is 2.24. The number of thiocarbonyl (C=S) groups is 5. The lowest BCUT2D eigenvalue weighted by Gasteiger charge is -2.09. The lowest BCUT2D eigenvalue weighted by Crippen LogP contribution is -2.30. The van der Waals surface area contributed by atoms with Crippen LogP contribution in [0.3, 0.4) is 0 Å². The van der Waals surface area contributed by atoms with Gasteiger partial charge in [0.15, 0.2) is 0 Å². The Balaban J connectivity index is 2.76. The fourth-order valence-electron chi connectivity index (χ4n) is 1.24. The zero-order valence-electron chi connectivity index (χ0n) is 9.60. The molecule has 0 aromatic rings. The topological polar surface area (TPSA) is 18.5 Å². The van der Waals surface area contributed by atoms with Gasteiger partial charge in [-0.3, -0.25) is 0 Å². The molecule has 2 nitrogen and oxygen atoms in total. The maximum absolute atomic E-state index is 5.37. The van der Waals surface area contributed by atoms with Gasteiger partial charge >= 0.3 is 0 Å². The Morgan fingerprint density at radius 3 is 1.33 bits per heavy atom. The predicted molar refractivity (Wildman–Crippen MR) is 93.9 cm³/mol. The molecule has 0 N–H and O–H groups in total. The van der Waals surface area contributed by atoms with Gasteiger partial charge in [0.1, 0.15) is 0 Å². The van der Waals surface area contributed by atoms with Crippen molar-refractivity contribution >= 4 is 85.4 Å². The first-order valence-corrected chi connectivity index (χ1v) is 7.42. The molecule has 1 rings (SSSR count). The maximum Gasteiger partial charge on any atom is 0.0760 e. The van der Waals surface area contributed by atoms with E-state index >= 15 is 0 Å². The molecule has 0 aromatic heterocycles. The van der Waals surface area contributed by atoms with Crippen LogP contribution >= 0.6 is 61.1 Å². The summed E-state index contributed by atoms with van der Waals surface area (Å²) in [5.41, 5.74) is 0. The Morgan fingerprint density at radius 2 is 0.944 bits per heavy atom. The maximum atomic E-state index is 5.37. The van der Waals surface area contributed by atoms with Crippen molar-refractivity contribution in [2.24, 2.45) is 0 Å². The molecule has 98 valence electrons. The minimum absolute atomic E-state index is 0.411. The molecule has 18 heavy (non-hydrogen) atoms. The average molecular weight is 337 g/mol. The molecule has 0 atom stereocenters. The van der Waals surface area contributed by atoms with Crippen LogP contribution in [0, 0.1) is 0 Å². The summed E-state index contributed by atoms with van der Waals surface area (Å²) < 4.78 is 10.7. The van der Waals surface area contributed by atoms with Crippen LogP contribution in [0.2, 0.25) is 0 Å². The summed E-state index contributed by atoms with van der Waals surface area (Å²) in [5.74, 6) is 0. The first kappa shape index (κ1) is 16.4. The van der Waals surface area contributed by atoms with Crippen molar-refractivity contribution in [3.8, 4) is 0 Å². The Kier molecular flexibility index (Phi) is 7.78. The standard InChI is InChI=1S/C11H12O2S5/c14-7-1-3-12-5-6-13-4-2-8(15)10(17)11(18)9(7)16/h1-6H2. The van der Waals surface area contributed by atoms with Crippen molar-refractivity contribution in [3.63, 3.8) is 0 Å². The number of ether oxygens (including phenoxy) is 2. The first-order valence-electron chi connectivity index (χ1n) is 5.38. The molecule has 0 unspecified atom stereocenters. The van der Waals surface area contributed by atoms with Crippen LogP contribution in [0.4, 0.5) is 0 Å². The van der Waals surface area contributed by atoms with Gasteiger partial charge in [-0.15, -0.1) is 0 Å². The second-order valence-corrected chi connectivity index (χ2v) is 5.77. The van der Waals surface area contributed by atoms with Crippen molar-refractivity contribution in [1.82, 2.24) is 0 Å². The summed E-state index contributed by atoms with van der Waals surface area (Å²) >= 11 is 26.1. The third kappa shape index (κ3) is 5.16. The van der Waals surface area contributed by atoms with Gasteiger partial charge in [-0.25, -0.2) is 0 Å². The molecule has 0 bridgehead atoms.